The van der Waals surface area contributed by atoms with Crippen molar-refractivity contribution in [2.75, 3.05) is 26.8 Å². The number of carbonyl (C=O) groups excluding carboxylic acids is 1. The van der Waals surface area contributed by atoms with Gasteiger partial charge in [0, 0.05) is 26.4 Å². The van der Waals surface area contributed by atoms with Crippen LogP contribution in [0.25, 0.3) is 0 Å². The lowest BCUT2D eigenvalue weighted by molar-refractivity contribution is -0.137. The Kier molecular flexibility index (Phi) is 5.38. The van der Waals surface area contributed by atoms with Gasteiger partial charge in [-0.15, -0.1) is 0 Å². The minimum absolute atomic E-state index is 0.260. The second-order valence-corrected chi connectivity index (χ2v) is 3.79. The Morgan fingerprint density at radius 2 is 2.22 bits per heavy atom. The first-order valence-corrected chi connectivity index (χ1v) is 5.75. The summed E-state index contributed by atoms with van der Waals surface area (Å²) in [6, 6.07) is 3.46. The molecule has 0 fully saturated rings. The van der Waals surface area contributed by atoms with Crippen molar-refractivity contribution in [1.29, 1.82) is 0 Å². The van der Waals surface area contributed by atoms with Gasteiger partial charge in [0.05, 0.1) is 6.61 Å². The van der Waals surface area contributed by atoms with Crippen LogP contribution in [0.1, 0.15) is 17.4 Å². The van der Waals surface area contributed by atoms with Crippen LogP contribution < -0.4 is 0 Å². The van der Waals surface area contributed by atoms with Crippen molar-refractivity contribution in [1.82, 2.24) is 9.47 Å². The van der Waals surface area contributed by atoms with Crippen molar-refractivity contribution >= 4 is 11.9 Å². The lowest BCUT2D eigenvalue weighted by Gasteiger charge is -2.20. The van der Waals surface area contributed by atoms with Gasteiger partial charge in [-0.1, -0.05) is 0 Å². The number of hydrogen-bond acceptors (Lipinski definition) is 3. The zero-order chi connectivity index (χ0) is 13.5. The third kappa shape index (κ3) is 3.59. The summed E-state index contributed by atoms with van der Waals surface area (Å²) in [5.74, 6) is -1.32. The second-order valence-electron chi connectivity index (χ2n) is 3.79. The number of carboxylic acid groups (broad SMARTS) is 1. The molecule has 0 unspecified atom stereocenters. The first-order chi connectivity index (χ1) is 8.60. The fourth-order valence-corrected chi connectivity index (χ4v) is 1.66. The Morgan fingerprint density at radius 3 is 2.78 bits per heavy atom. The summed E-state index contributed by atoms with van der Waals surface area (Å²) in [5, 5.41) is 8.81. The summed E-state index contributed by atoms with van der Waals surface area (Å²) in [7, 11) is 1.51. The lowest BCUT2D eigenvalue weighted by atomic mass is 10.3. The number of amides is 1. The molecule has 1 amide bonds. The van der Waals surface area contributed by atoms with Gasteiger partial charge in [0.15, 0.2) is 0 Å². The number of carboxylic acids is 1. The van der Waals surface area contributed by atoms with Crippen molar-refractivity contribution in [3.05, 3.63) is 24.0 Å². The molecule has 0 aromatic carbocycles. The van der Waals surface area contributed by atoms with Crippen LogP contribution in [-0.2, 0) is 16.1 Å². The van der Waals surface area contributed by atoms with Crippen LogP contribution in [0.3, 0.4) is 0 Å². The molecule has 0 spiro atoms. The van der Waals surface area contributed by atoms with Gasteiger partial charge in [-0.3, -0.25) is 9.59 Å². The van der Waals surface area contributed by atoms with E-state index in [0.717, 1.165) is 0 Å². The highest BCUT2D eigenvalue weighted by Crippen LogP contribution is 2.07. The van der Waals surface area contributed by atoms with E-state index in [4.69, 9.17) is 9.84 Å². The number of methoxy groups -OCH3 is 1. The van der Waals surface area contributed by atoms with Crippen LogP contribution in [0.2, 0.25) is 0 Å². The maximum Gasteiger partial charge on any atom is 0.323 e. The maximum absolute atomic E-state index is 12.2. The molecular formula is C12H18N2O4. The Morgan fingerprint density at radius 1 is 1.50 bits per heavy atom. The molecule has 6 heteroatoms. The van der Waals surface area contributed by atoms with Crippen molar-refractivity contribution in [2.24, 2.45) is 0 Å². The Balaban J connectivity index is 2.83. The molecule has 1 heterocycles. The molecule has 0 aliphatic heterocycles. The van der Waals surface area contributed by atoms with E-state index in [2.05, 4.69) is 0 Å². The summed E-state index contributed by atoms with van der Waals surface area (Å²) in [6.45, 7) is 2.84. The normalized spacial score (nSPS) is 10.3. The van der Waals surface area contributed by atoms with Crippen LogP contribution >= 0.6 is 0 Å². The van der Waals surface area contributed by atoms with Crippen molar-refractivity contribution in [2.45, 2.75) is 13.5 Å². The minimum atomic E-state index is -1.03. The average molecular weight is 254 g/mol. The minimum Gasteiger partial charge on any atom is -0.480 e. The van der Waals surface area contributed by atoms with Gasteiger partial charge in [-0.2, -0.15) is 0 Å². The molecular weight excluding hydrogens is 236 g/mol. The monoisotopic (exact) mass is 254 g/mol. The number of ether oxygens (including phenoxy) is 1. The number of aliphatic carboxylic acids is 1. The van der Waals surface area contributed by atoms with Crippen LogP contribution in [0.15, 0.2) is 18.3 Å². The molecule has 1 rings (SSSR count). The van der Waals surface area contributed by atoms with E-state index >= 15 is 0 Å². The lowest BCUT2D eigenvalue weighted by Crippen LogP contribution is -2.38. The van der Waals surface area contributed by atoms with Crippen LogP contribution in [0.4, 0.5) is 0 Å². The molecule has 1 aromatic heterocycles. The Hall–Kier alpha value is -1.82. The van der Waals surface area contributed by atoms with Gasteiger partial charge in [0.25, 0.3) is 5.91 Å². The number of hydrogen-bond donors (Lipinski definition) is 1. The zero-order valence-electron chi connectivity index (χ0n) is 10.6. The van der Waals surface area contributed by atoms with E-state index in [-0.39, 0.29) is 19.0 Å². The van der Waals surface area contributed by atoms with E-state index in [1.165, 1.54) is 12.0 Å². The molecule has 6 nitrogen and oxygen atoms in total. The smallest absolute Gasteiger partial charge is 0.323 e. The van der Waals surface area contributed by atoms with Gasteiger partial charge in [0.2, 0.25) is 0 Å². The third-order valence-corrected chi connectivity index (χ3v) is 2.57. The van der Waals surface area contributed by atoms with Crippen molar-refractivity contribution in [3.63, 3.8) is 0 Å². The second kappa shape index (κ2) is 6.80. The van der Waals surface area contributed by atoms with Gasteiger partial charge in [-0.05, 0) is 19.1 Å². The first-order valence-electron chi connectivity index (χ1n) is 5.75. The predicted molar refractivity (Wildman–Crippen MR) is 65.5 cm³/mol. The van der Waals surface area contributed by atoms with E-state index in [1.54, 1.807) is 22.9 Å². The number of rotatable bonds is 7. The maximum atomic E-state index is 12.2. The quantitative estimate of drug-likeness (QED) is 0.776. The highest BCUT2D eigenvalue weighted by Gasteiger charge is 2.20. The largest absolute Gasteiger partial charge is 0.480 e. The van der Waals surface area contributed by atoms with Crippen molar-refractivity contribution < 1.29 is 19.4 Å². The molecule has 0 saturated heterocycles. The van der Waals surface area contributed by atoms with E-state index in [9.17, 15) is 9.59 Å². The molecule has 18 heavy (non-hydrogen) atoms. The Labute approximate surface area is 106 Å². The fourth-order valence-electron chi connectivity index (χ4n) is 1.66. The summed E-state index contributed by atoms with van der Waals surface area (Å²) in [6.07, 6.45) is 1.79. The van der Waals surface area contributed by atoms with E-state index in [1.807, 2.05) is 6.92 Å². The van der Waals surface area contributed by atoms with Crippen molar-refractivity contribution in [3.8, 4) is 0 Å². The summed E-state index contributed by atoms with van der Waals surface area (Å²) < 4.78 is 6.67. The summed E-state index contributed by atoms with van der Waals surface area (Å²) >= 11 is 0. The predicted octanol–water partition coefficient (Wildman–Crippen LogP) is 0.681. The number of nitrogens with zero attached hydrogens (tertiary/aromatic N) is 2. The van der Waals surface area contributed by atoms with Gasteiger partial charge in [0.1, 0.15) is 12.2 Å². The zero-order valence-corrected chi connectivity index (χ0v) is 10.6. The molecule has 1 aromatic rings. The SMILES string of the molecule is CCn1cccc1C(=O)N(CCOC)CC(=O)O. The molecule has 0 atom stereocenters. The number of aromatic nitrogens is 1. The van der Waals surface area contributed by atoms with E-state index in [0.29, 0.717) is 18.8 Å². The van der Waals surface area contributed by atoms with Crippen LogP contribution in [0.5, 0.6) is 0 Å². The molecule has 1 N–H and O–H groups in total. The van der Waals surface area contributed by atoms with E-state index < -0.39 is 5.97 Å². The average Bonchev–Trinajstić information content (AvgIpc) is 2.81. The third-order valence-electron chi connectivity index (χ3n) is 2.57. The fraction of sp³-hybridized carbons (Fsp3) is 0.500. The highest BCUT2D eigenvalue weighted by molar-refractivity contribution is 5.94. The molecule has 0 aliphatic carbocycles. The van der Waals surface area contributed by atoms with Crippen LogP contribution in [0, 0.1) is 0 Å². The van der Waals surface area contributed by atoms with Crippen LogP contribution in [-0.4, -0.2) is 53.3 Å². The Bertz CT molecular complexity index is 414. The molecule has 100 valence electrons. The summed E-state index contributed by atoms with van der Waals surface area (Å²) in [5.41, 5.74) is 0.495. The molecule has 0 saturated carbocycles. The molecule has 0 radical (unpaired) electrons. The summed E-state index contributed by atoms with van der Waals surface area (Å²) in [4.78, 5) is 24.2. The molecule has 0 aliphatic rings. The van der Waals surface area contributed by atoms with Gasteiger partial charge >= 0.3 is 5.97 Å². The number of aryl methyl sites for hydroxylation is 1. The highest BCUT2D eigenvalue weighted by atomic mass is 16.5. The molecule has 0 bridgehead atoms. The van der Waals surface area contributed by atoms with Gasteiger partial charge in [-0.25, -0.2) is 0 Å². The topological polar surface area (TPSA) is 71.8 Å². The number of carbonyl (C=O) groups is 2. The van der Waals surface area contributed by atoms with Gasteiger partial charge < -0.3 is 19.3 Å². The first kappa shape index (κ1) is 14.2. The standard InChI is InChI=1S/C12H18N2O4/c1-3-13-6-4-5-10(13)12(17)14(7-8-18-2)9-11(15)16/h4-6H,3,7-9H2,1-2H3,(H,15,16).